The Labute approximate surface area is 160 Å². The highest BCUT2D eigenvalue weighted by Gasteiger charge is 2.17. The van der Waals surface area contributed by atoms with E-state index in [2.05, 4.69) is 5.32 Å². The van der Waals surface area contributed by atoms with Crippen molar-refractivity contribution >= 4 is 28.9 Å². The van der Waals surface area contributed by atoms with Crippen LogP contribution in [0.5, 0.6) is 5.75 Å². The van der Waals surface area contributed by atoms with Crippen LogP contribution < -0.4 is 10.1 Å². The third kappa shape index (κ3) is 6.18. The minimum absolute atomic E-state index is 0.0359. The third-order valence-corrected chi connectivity index (χ3v) is 4.67. The number of nitrogens with one attached hydrogen (secondary N) is 1. The zero-order valence-corrected chi connectivity index (χ0v) is 16.0. The Hall–Kier alpha value is -2.74. The van der Waals surface area contributed by atoms with E-state index in [0.29, 0.717) is 13.1 Å². The molecule has 144 valence electrons. The number of hydrogen-bond donors (Lipinski definition) is 1. The highest BCUT2D eigenvalue weighted by atomic mass is 32.1. The first-order valence-electron chi connectivity index (χ1n) is 8.40. The zero-order chi connectivity index (χ0) is 19.8. The van der Waals surface area contributed by atoms with Gasteiger partial charge in [0, 0.05) is 17.5 Å². The molecule has 8 heteroatoms. The van der Waals surface area contributed by atoms with Gasteiger partial charge < -0.3 is 15.0 Å². The number of ketones is 1. The Bertz CT molecular complexity index is 808. The summed E-state index contributed by atoms with van der Waals surface area (Å²) in [6.45, 7) is 3.37. The average molecular weight is 392 g/mol. The molecule has 2 amide bonds. The quantitative estimate of drug-likeness (QED) is 0.666. The van der Waals surface area contributed by atoms with Gasteiger partial charge in [0.2, 0.25) is 5.91 Å². The number of nitrogens with zero attached hydrogens (tertiary/aromatic N) is 1. The molecule has 1 aromatic heterocycles. The smallest absolute Gasteiger partial charge is 0.260 e. The lowest BCUT2D eigenvalue weighted by atomic mass is 10.1. The number of hydrogen-bond acceptors (Lipinski definition) is 5. The average Bonchev–Trinajstić information content (AvgIpc) is 3.15. The van der Waals surface area contributed by atoms with Crippen LogP contribution in [-0.4, -0.2) is 42.2 Å². The SMILES string of the molecule is CCN(CC(=O)NCc1cccs1)C(=O)COc1ccc(C(C)=O)c(F)c1. The monoisotopic (exact) mass is 392 g/mol. The molecule has 6 nitrogen and oxygen atoms in total. The Morgan fingerprint density at radius 3 is 2.63 bits per heavy atom. The molecule has 2 rings (SSSR count). The largest absolute Gasteiger partial charge is 0.484 e. The van der Waals surface area contributed by atoms with Gasteiger partial charge in [-0.3, -0.25) is 14.4 Å². The van der Waals surface area contributed by atoms with E-state index >= 15 is 0 Å². The number of Topliss-reactive ketones (excluding diaryl/α,β-unsaturated/α-hetero) is 1. The summed E-state index contributed by atoms with van der Waals surface area (Å²) in [5, 5.41) is 4.68. The minimum Gasteiger partial charge on any atom is -0.484 e. The normalized spacial score (nSPS) is 10.3. The van der Waals surface area contributed by atoms with Gasteiger partial charge in [-0.25, -0.2) is 4.39 Å². The summed E-state index contributed by atoms with van der Waals surface area (Å²) in [5.74, 6) is -1.60. The maximum Gasteiger partial charge on any atom is 0.260 e. The second-order valence-corrected chi connectivity index (χ2v) is 6.78. The van der Waals surface area contributed by atoms with Gasteiger partial charge in [0.1, 0.15) is 11.6 Å². The van der Waals surface area contributed by atoms with Crippen molar-refractivity contribution in [2.45, 2.75) is 20.4 Å². The van der Waals surface area contributed by atoms with E-state index in [-0.39, 0.29) is 42.1 Å². The maximum absolute atomic E-state index is 13.8. The van der Waals surface area contributed by atoms with E-state index in [1.165, 1.54) is 35.3 Å². The summed E-state index contributed by atoms with van der Waals surface area (Å²) in [6, 6.07) is 7.62. The van der Waals surface area contributed by atoms with Gasteiger partial charge >= 0.3 is 0 Å². The van der Waals surface area contributed by atoms with Gasteiger partial charge in [0.15, 0.2) is 12.4 Å². The van der Waals surface area contributed by atoms with E-state index < -0.39 is 5.82 Å². The molecule has 2 aromatic rings. The molecule has 0 atom stereocenters. The van der Waals surface area contributed by atoms with Crippen LogP contribution in [0.3, 0.4) is 0 Å². The fraction of sp³-hybridized carbons (Fsp3) is 0.316. The van der Waals surface area contributed by atoms with Crippen LogP contribution in [0.4, 0.5) is 4.39 Å². The van der Waals surface area contributed by atoms with Crippen molar-refractivity contribution in [3.05, 3.63) is 52.0 Å². The molecule has 1 aromatic carbocycles. The molecule has 0 bridgehead atoms. The molecule has 0 aliphatic rings. The summed E-state index contributed by atoms with van der Waals surface area (Å²) < 4.78 is 19.1. The van der Waals surface area contributed by atoms with Crippen molar-refractivity contribution in [3.8, 4) is 5.75 Å². The number of likely N-dealkylation sites (N-methyl/N-ethyl adjacent to an activating group) is 1. The first kappa shape index (κ1) is 20.6. The molecule has 0 aliphatic heterocycles. The van der Waals surface area contributed by atoms with Crippen LogP contribution in [0.15, 0.2) is 35.7 Å². The van der Waals surface area contributed by atoms with Crippen LogP contribution in [0.1, 0.15) is 29.1 Å². The highest BCUT2D eigenvalue weighted by molar-refractivity contribution is 7.09. The lowest BCUT2D eigenvalue weighted by Crippen LogP contribution is -2.42. The minimum atomic E-state index is -0.701. The first-order valence-corrected chi connectivity index (χ1v) is 9.28. The Balaban J connectivity index is 1.84. The number of carbonyl (C=O) groups is 3. The van der Waals surface area contributed by atoms with Crippen LogP contribution in [0.2, 0.25) is 0 Å². The number of ether oxygens (including phenoxy) is 1. The fourth-order valence-corrected chi connectivity index (χ4v) is 2.96. The molecule has 0 saturated carbocycles. The highest BCUT2D eigenvalue weighted by Crippen LogP contribution is 2.17. The topological polar surface area (TPSA) is 75.7 Å². The Morgan fingerprint density at radius 1 is 1.26 bits per heavy atom. The molecule has 0 fully saturated rings. The molecule has 1 heterocycles. The zero-order valence-electron chi connectivity index (χ0n) is 15.2. The first-order chi connectivity index (χ1) is 12.9. The van der Waals surface area contributed by atoms with Crippen LogP contribution in [0, 0.1) is 5.82 Å². The van der Waals surface area contributed by atoms with Crippen molar-refractivity contribution in [2.75, 3.05) is 19.7 Å². The Kier molecular flexibility index (Phi) is 7.48. The molecule has 0 spiro atoms. The van der Waals surface area contributed by atoms with Gasteiger partial charge in [0.25, 0.3) is 5.91 Å². The van der Waals surface area contributed by atoms with E-state index in [0.717, 1.165) is 10.9 Å². The second kappa shape index (κ2) is 9.82. The fourth-order valence-electron chi connectivity index (χ4n) is 2.31. The number of rotatable bonds is 9. The molecule has 27 heavy (non-hydrogen) atoms. The molecular formula is C19H21FN2O4S. The number of carbonyl (C=O) groups excluding carboxylic acids is 3. The summed E-state index contributed by atoms with van der Waals surface area (Å²) in [4.78, 5) is 37.9. The summed E-state index contributed by atoms with van der Waals surface area (Å²) in [7, 11) is 0. The number of halogens is 1. The van der Waals surface area contributed by atoms with Gasteiger partial charge in [-0.2, -0.15) is 0 Å². The summed E-state index contributed by atoms with van der Waals surface area (Å²) in [6.07, 6.45) is 0. The number of thiophene rings is 1. The summed E-state index contributed by atoms with van der Waals surface area (Å²) in [5.41, 5.74) is -0.0359. The Morgan fingerprint density at radius 2 is 2.04 bits per heavy atom. The van der Waals surface area contributed by atoms with Crippen molar-refractivity contribution in [2.24, 2.45) is 0 Å². The van der Waals surface area contributed by atoms with Crippen molar-refractivity contribution in [1.82, 2.24) is 10.2 Å². The maximum atomic E-state index is 13.8. The molecule has 0 radical (unpaired) electrons. The van der Waals surface area contributed by atoms with E-state index in [9.17, 15) is 18.8 Å². The van der Waals surface area contributed by atoms with Crippen LogP contribution >= 0.6 is 11.3 Å². The third-order valence-electron chi connectivity index (χ3n) is 3.79. The van der Waals surface area contributed by atoms with Gasteiger partial charge in [0.05, 0.1) is 18.7 Å². The van der Waals surface area contributed by atoms with E-state index in [4.69, 9.17) is 4.74 Å². The predicted octanol–water partition coefficient (Wildman–Crippen LogP) is 2.63. The van der Waals surface area contributed by atoms with Crippen molar-refractivity contribution in [1.29, 1.82) is 0 Å². The molecule has 0 saturated heterocycles. The van der Waals surface area contributed by atoms with Crippen molar-refractivity contribution < 1.29 is 23.5 Å². The van der Waals surface area contributed by atoms with Crippen LogP contribution in [0.25, 0.3) is 0 Å². The molecule has 0 unspecified atom stereocenters. The van der Waals surface area contributed by atoms with Gasteiger partial charge in [-0.1, -0.05) is 6.07 Å². The molecular weight excluding hydrogens is 371 g/mol. The van der Waals surface area contributed by atoms with E-state index in [1.807, 2.05) is 17.5 Å². The second-order valence-electron chi connectivity index (χ2n) is 5.75. The van der Waals surface area contributed by atoms with Gasteiger partial charge in [-0.15, -0.1) is 11.3 Å². The standard InChI is InChI=1S/C19H21FN2O4S/c1-3-22(11-18(24)21-10-15-5-4-8-27-15)19(25)12-26-14-6-7-16(13(2)23)17(20)9-14/h4-9H,3,10-12H2,1-2H3,(H,21,24). The van der Waals surface area contributed by atoms with Gasteiger partial charge in [-0.05, 0) is 37.4 Å². The molecule has 1 N–H and O–H groups in total. The lowest BCUT2D eigenvalue weighted by Gasteiger charge is -2.20. The summed E-state index contributed by atoms with van der Waals surface area (Å²) >= 11 is 1.54. The van der Waals surface area contributed by atoms with Crippen LogP contribution in [-0.2, 0) is 16.1 Å². The lowest BCUT2D eigenvalue weighted by molar-refractivity contribution is -0.137. The van der Waals surface area contributed by atoms with E-state index in [1.54, 1.807) is 6.92 Å². The molecule has 0 aliphatic carbocycles. The van der Waals surface area contributed by atoms with Crippen molar-refractivity contribution in [3.63, 3.8) is 0 Å². The number of benzene rings is 1. The predicted molar refractivity (Wildman–Crippen MR) is 100 cm³/mol. The number of amides is 2.